The summed E-state index contributed by atoms with van der Waals surface area (Å²) in [6.07, 6.45) is 1.36. The van der Waals surface area contributed by atoms with Crippen molar-refractivity contribution < 1.29 is 19.1 Å². The minimum Gasteiger partial charge on any atom is -0.444 e. The molecular formula is C16H30N4O4. The Kier molecular flexibility index (Phi) is 7.01. The zero-order valence-electron chi connectivity index (χ0n) is 15.5. The van der Waals surface area contributed by atoms with Gasteiger partial charge in [-0.3, -0.25) is 15.0 Å². The van der Waals surface area contributed by atoms with Crippen LogP contribution in [0.3, 0.4) is 0 Å². The molecule has 2 N–H and O–H groups in total. The number of urea groups is 1. The first kappa shape index (κ1) is 20.2. The number of imide groups is 1. The van der Waals surface area contributed by atoms with Gasteiger partial charge in [0.05, 0.1) is 6.04 Å². The number of nitrogens with zero attached hydrogens (tertiary/aromatic N) is 2. The lowest BCUT2D eigenvalue weighted by Crippen LogP contribution is -2.56. The maximum Gasteiger partial charge on any atom is 0.410 e. The lowest BCUT2D eigenvalue weighted by Gasteiger charge is -2.40. The molecule has 1 aliphatic heterocycles. The zero-order chi connectivity index (χ0) is 18.5. The highest BCUT2D eigenvalue weighted by atomic mass is 16.6. The smallest absolute Gasteiger partial charge is 0.410 e. The first-order valence-electron chi connectivity index (χ1n) is 8.27. The number of piperidine rings is 1. The predicted molar refractivity (Wildman–Crippen MR) is 90.7 cm³/mol. The van der Waals surface area contributed by atoms with E-state index in [2.05, 4.69) is 10.6 Å². The van der Waals surface area contributed by atoms with E-state index >= 15 is 0 Å². The number of carbonyl (C=O) groups excluding carboxylic acids is 3. The first-order valence-corrected chi connectivity index (χ1v) is 8.27. The molecule has 4 amide bonds. The van der Waals surface area contributed by atoms with E-state index in [1.165, 1.54) is 7.05 Å². The van der Waals surface area contributed by atoms with Crippen molar-refractivity contribution >= 4 is 18.0 Å². The Labute approximate surface area is 143 Å². The van der Waals surface area contributed by atoms with E-state index in [0.717, 1.165) is 19.4 Å². The Morgan fingerprint density at radius 2 is 1.92 bits per heavy atom. The molecule has 0 bridgehead atoms. The maximum atomic E-state index is 12.2. The molecule has 1 heterocycles. The topological polar surface area (TPSA) is 91.0 Å². The van der Waals surface area contributed by atoms with Crippen molar-refractivity contribution in [3.05, 3.63) is 0 Å². The zero-order valence-corrected chi connectivity index (χ0v) is 15.5. The standard InChI is InChI=1S/C16H30N4O4/c1-11(13(21)18-14(22)17-5)20-9-7-8-12(10-20)19(6)15(23)24-16(2,3)4/h11-12H,7-10H2,1-6H3,(H2,17,18,21,22)/t11-,12+/m1/s1. The molecule has 1 saturated heterocycles. The third-order valence-electron chi connectivity index (χ3n) is 4.05. The van der Waals surface area contributed by atoms with Crippen LogP contribution in [-0.2, 0) is 9.53 Å². The van der Waals surface area contributed by atoms with Crippen LogP contribution in [0.5, 0.6) is 0 Å². The third-order valence-corrected chi connectivity index (χ3v) is 4.05. The summed E-state index contributed by atoms with van der Waals surface area (Å²) < 4.78 is 5.40. The second-order valence-electron chi connectivity index (χ2n) is 7.13. The molecule has 138 valence electrons. The monoisotopic (exact) mass is 342 g/mol. The SMILES string of the molecule is CNC(=O)NC(=O)[C@@H](C)N1CCC[C@H](N(C)C(=O)OC(C)(C)C)C1. The second-order valence-corrected chi connectivity index (χ2v) is 7.13. The molecule has 1 rings (SSSR count). The van der Waals surface area contributed by atoms with Gasteiger partial charge in [0, 0.05) is 26.7 Å². The summed E-state index contributed by atoms with van der Waals surface area (Å²) in [5.41, 5.74) is -0.541. The van der Waals surface area contributed by atoms with Crippen LogP contribution in [0.25, 0.3) is 0 Å². The predicted octanol–water partition coefficient (Wildman–Crippen LogP) is 1.16. The molecule has 2 atom stereocenters. The van der Waals surface area contributed by atoms with E-state index in [-0.39, 0.29) is 18.0 Å². The molecular weight excluding hydrogens is 312 g/mol. The van der Waals surface area contributed by atoms with Crippen molar-refractivity contribution in [2.24, 2.45) is 0 Å². The summed E-state index contributed by atoms with van der Waals surface area (Å²) in [5, 5.41) is 4.65. The van der Waals surface area contributed by atoms with E-state index in [0.29, 0.717) is 6.54 Å². The van der Waals surface area contributed by atoms with Gasteiger partial charge >= 0.3 is 12.1 Å². The van der Waals surface area contributed by atoms with Crippen molar-refractivity contribution in [2.45, 2.75) is 58.2 Å². The number of hydrogen-bond acceptors (Lipinski definition) is 5. The van der Waals surface area contributed by atoms with Crippen LogP contribution >= 0.6 is 0 Å². The Morgan fingerprint density at radius 1 is 1.29 bits per heavy atom. The van der Waals surface area contributed by atoms with E-state index in [1.807, 2.05) is 25.7 Å². The van der Waals surface area contributed by atoms with E-state index in [9.17, 15) is 14.4 Å². The van der Waals surface area contributed by atoms with Crippen LogP contribution < -0.4 is 10.6 Å². The number of likely N-dealkylation sites (tertiary alicyclic amines) is 1. The largest absolute Gasteiger partial charge is 0.444 e. The fraction of sp³-hybridized carbons (Fsp3) is 0.812. The second kappa shape index (κ2) is 8.32. The van der Waals surface area contributed by atoms with E-state index < -0.39 is 17.7 Å². The van der Waals surface area contributed by atoms with Crippen molar-refractivity contribution in [2.75, 3.05) is 27.2 Å². The molecule has 1 aliphatic rings. The summed E-state index contributed by atoms with van der Waals surface area (Å²) in [6, 6.07) is -0.993. The van der Waals surface area contributed by atoms with Crippen LogP contribution in [0.4, 0.5) is 9.59 Å². The van der Waals surface area contributed by atoms with Gasteiger partial charge in [0.1, 0.15) is 5.60 Å². The Bertz CT molecular complexity index is 475. The van der Waals surface area contributed by atoms with Gasteiger partial charge in [0.25, 0.3) is 0 Å². The molecule has 0 aliphatic carbocycles. The summed E-state index contributed by atoms with van der Waals surface area (Å²) in [6.45, 7) is 8.57. The molecule has 24 heavy (non-hydrogen) atoms. The molecule has 0 spiro atoms. The number of rotatable bonds is 3. The number of carbonyl (C=O) groups is 3. The van der Waals surface area contributed by atoms with Gasteiger partial charge in [0.2, 0.25) is 5.91 Å². The highest BCUT2D eigenvalue weighted by Gasteiger charge is 2.32. The Balaban J connectivity index is 2.64. The number of ether oxygens (including phenoxy) is 1. The van der Waals surface area contributed by atoms with Crippen molar-refractivity contribution in [1.29, 1.82) is 0 Å². The average Bonchev–Trinajstić information content (AvgIpc) is 2.51. The van der Waals surface area contributed by atoms with Gasteiger partial charge in [-0.2, -0.15) is 0 Å². The lowest BCUT2D eigenvalue weighted by molar-refractivity contribution is -0.125. The summed E-state index contributed by atoms with van der Waals surface area (Å²) in [4.78, 5) is 39.1. The van der Waals surface area contributed by atoms with Gasteiger partial charge in [0.15, 0.2) is 0 Å². The van der Waals surface area contributed by atoms with Crippen LogP contribution in [-0.4, -0.2) is 72.7 Å². The molecule has 0 aromatic rings. The quantitative estimate of drug-likeness (QED) is 0.803. The van der Waals surface area contributed by atoms with Gasteiger partial charge in [-0.1, -0.05) is 0 Å². The van der Waals surface area contributed by atoms with Gasteiger partial charge in [-0.25, -0.2) is 9.59 Å². The van der Waals surface area contributed by atoms with E-state index in [4.69, 9.17) is 4.74 Å². The van der Waals surface area contributed by atoms with Crippen LogP contribution in [0.2, 0.25) is 0 Å². The highest BCUT2D eigenvalue weighted by Crippen LogP contribution is 2.19. The molecule has 0 aromatic heterocycles. The average molecular weight is 342 g/mol. The Hall–Kier alpha value is -1.83. The number of likely N-dealkylation sites (N-methyl/N-ethyl adjacent to an activating group) is 1. The minimum atomic E-state index is -0.541. The fourth-order valence-electron chi connectivity index (χ4n) is 2.58. The molecule has 8 nitrogen and oxygen atoms in total. The fourth-order valence-corrected chi connectivity index (χ4v) is 2.58. The van der Waals surface area contributed by atoms with Crippen molar-refractivity contribution in [1.82, 2.24) is 20.4 Å². The summed E-state index contributed by atoms with van der Waals surface area (Å²) in [5.74, 6) is -0.352. The highest BCUT2D eigenvalue weighted by molar-refractivity contribution is 5.96. The Morgan fingerprint density at radius 3 is 2.46 bits per heavy atom. The first-order chi connectivity index (χ1) is 11.0. The van der Waals surface area contributed by atoms with Crippen LogP contribution in [0.15, 0.2) is 0 Å². The lowest BCUT2D eigenvalue weighted by atomic mass is 10.0. The van der Waals surface area contributed by atoms with Crippen molar-refractivity contribution in [3.8, 4) is 0 Å². The number of nitrogens with one attached hydrogen (secondary N) is 2. The maximum absolute atomic E-state index is 12.2. The molecule has 0 radical (unpaired) electrons. The van der Waals surface area contributed by atoms with Crippen LogP contribution in [0.1, 0.15) is 40.5 Å². The molecule has 1 fully saturated rings. The van der Waals surface area contributed by atoms with Gasteiger partial charge in [-0.05, 0) is 47.1 Å². The minimum absolute atomic E-state index is 0.0242. The number of hydrogen-bond donors (Lipinski definition) is 2. The third kappa shape index (κ3) is 5.99. The van der Waals surface area contributed by atoms with Crippen LogP contribution in [0, 0.1) is 0 Å². The van der Waals surface area contributed by atoms with Gasteiger partial charge < -0.3 is 15.0 Å². The van der Waals surface area contributed by atoms with Gasteiger partial charge in [-0.15, -0.1) is 0 Å². The molecule has 0 aromatic carbocycles. The number of amides is 4. The normalized spacial score (nSPS) is 20.0. The molecule has 0 saturated carbocycles. The van der Waals surface area contributed by atoms with E-state index in [1.54, 1.807) is 18.9 Å². The molecule has 0 unspecified atom stereocenters. The van der Waals surface area contributed by atoms with Crippen molar-refractivity contribution in [3.63, 3.8) is 0 Å². The summed E-state index contributed by atoms with van der Waals surface area (Å²) in [7, 11) is 3.18. The molecule has 8 heteroatoms. The summed E-state index contributed by atoms with van der Waals surface area (Å²) >= 11 is 0.